The number of hydrogen-bond acceptors (Lipinski definition) is 4. The highest BCUT2D eigenvalue weighted by atomic mass is 16.5. The van der Waals surface area contributed by atoms with Crippen molar-refractivity contribution in [2.45, 2.75) is 31.8 Å². The number of fused-ring (bicyclic) bond motifs is 2. The third kappa shape index (κ3) is 1.88. The van der Waals surface area contributed by atoms with Gasteiger partial charge >= 0.3 is 0 Å². The van der Waals surface area contributed by atoms with E-state index in [4.69, 9.17) is 4.74 Å². The zero-order chi connectivity index (χ0) is 12.6. The minimum Gasteiger partial charge on any atom is -0.352 e. The molecule has 1 spiro atoms. The monoisotopic (exact) mass is 249 g/mol. The number of aliphatic imine (C=N–C) groups is 1. The second-order valence-corrected chi connectivity index (χ2v) is 5.74. The van der Waals surface area contributed by atoms with Gasteiger partial charge in [0.1, 0.15) is 12.6 Å². The molecule has 1 N–H and O–H groups in total. The van der Waals surface area contributed by atoms with Gasteiger partial charge in [0.05, 0.1) is 11.5 Å². The van der Waals surface area contributed by atoms with Crippen LogP contribution in [0.3, 0.4) is 0 Å². The van der Waals surface area contributed by atoms with Gasteiger partial charge in [0.2, 0.25) is 0 Å². The highest BCUT2D eigenvalue weighted by Gasteiger charge is 2.49. The lowest BCUT2D eigenvalue weighted by Crippen LogP contribution is -2.59. The van der Waals surface area contributed by atoms with E-state index in [0.29, 0.717) is 18.6 Å². The van der Waals surface area contributed by atoms with Gasteiger partial charge < -0.3 is 15.0 Å². The molecule has 0 aromatic rings. The SMILES string of the molecule is CCC1C=CNC2=NCOC3(CCN(C)CC3)C21. The Morgan fingerprint density at radius 2 is 2.28 bits per heavy atom. The predicted molar refractivity (Wildman–Crippen MR) is 72.4 cm³/mol. The Bertz CT molecular complexity index is 369. The Kier molecular flexibility index (Phi) is 3.16. The first-order valence-corrected chi connectivity index (χ1v) is 7.05. The van der Waals surface area contributed by atoms with E-state index in [1.54, 1.807) is 0 Å². The number of piperidine rings is 1. The number of hydrogen-bond donors (Lipinski definition) is 1. The first-order chi connectivity index (χ1) is 8.75. The number of nitrogens with one attached hydrogen (secondary N) is 1. The second kappa shape index (κ2) is 4.67. The van der Waals surface area contributed by atoms with Crippen molar-refractivity contribution in [1.29, 1.82) is 0 Å². The van der Waals surface area contributed by atoms with Crippen LogP contribution < -0.4 is 5.32 Å². The van der Waals surface area contributed by atoms with Crippen LogP contribution in [0.25, 0.3) is 0 Å². The molecule has 0 amide bonds. The minimum absolute atomic E-state index is 0.0159. The van der Waals surface area contributed by atoms with Crippen molar-refractivity contribution in [3.8, 4) is 0 Å². The Hall–Kier alpha value is -0.870. The van der Waals surface area contributed by atoms with Gasteiger partial charge in [-0.25, -0.2) is 4.99 Å². The van der Waals surface area contributed by atoms with Crippen molar-refractivity contribution >= 4 is 5.84 Å². The molecule has 0 aromatic carbocycles. The number of ether oxygens (including phenoxy) is 1. The number of nitrogens with zero attached hydrogens (tertiary/aromatic N) is 2. The largest absolute Gasteiger partial charge is 0.352 e. The van der Waals surface area contributed by atoms with Gasteiger partial charge in [0, 0.05) is 13.1 Å². The Labute approximate surface area is 109 Å². The van der Waals surface area contributed by atoms with Gasteiger partial charge in [0.15, 0.2) is 0 Å². The Morgan fingerprint density at radius 3 is 3.00 bits per heavy atom. The quantitative estimate of drug-likeness (QED) is 0.767. The molecule has 0 saturated carbocycles. The van der Waals surface area contributed by atoms with E-state index in [1.165, 1.54) is 0 Å². The lowest BCUT2D eigenvalue weighted by molar-refractivity contribution is -0.118. The van der Waals surface area contributed by atoms with Crippen LogP contribution in [0.5, 0.6) is 0 Å². The van der Waals surface area contributed by atoms with Crippen LogP contribution in [0.4, 0.5) is 0 Å². The lowest BCUT2D eigenvalue weighted by Gasteiger charge is -2.50. The molecule has 4 nitrogen and oxygen atoms in total. The molecule has 0 radical (unpaired) electrons. The van der Waals surface area contributed by atoms with Gasteiger partial charge in [0.25, 0.3) is 0 Å². The molecule has 3 aliphatic heterocycles. The molecule has 1 fully saturated rings. The van der Waals surface area contributed by atoms with Crippen LogP contribution in [0.1, 0.15) is 26.2 Å². The maximum atomic E-state index is 6.17. The third-order valence-corrected chi connectivity index (χ3v) is 4.76. The molecule has 0 aromatic heterocycles. The summed E-state index contributed by atoms with van der Waals surface area (Å²) < 4.78 is 6.17. The van der Waals surface area contributed by atoms with Gasteiger partial charge in [-0.15, -0.1) is 0 Å². The topological polar surface area (TPSA) is 36.9 Å². The second-order valence-electron chi connectivity index (χ2n) is 5.74. The maximum absolute atomic E-state index is 6.17. The van der Waals surface area contributed by atoms with Crippen molar-refractivity contribution in [3.05, 3.63) is 12.3 Å². The van der Waals surface area contributed by atoms with Crippen molar-refractivity contribution in [1.82, 2.24) is 10.2 Å². The number of amidine groups is 1. The molecular weight excluding hydrogens is 226 g/mol. The number of rotatable bonds is 1. The van der Waals surface area contributed by atoms with Crippen molar-refractivity contribution < 1.29 is 4.74 Å². The van der Waals surface area contributed by atoms with E-state index in [0.717, 1.165) is 38.2 Å². The Morgan fingerprint density at radius 1 is 1.50 bits per heavy atom. The average Bonchev–Trinajstić information content (AvgIpc) is 2.42. The molecule has 3 aliphatic rings. The van der Waals surface area contributed by atoms with Crippen LogP contribution >= 0.6 is 0 Å². The summed E-state index contributed by atoms with van der Waals surface area (Å²) in [5.41, 5.74) is 0.0159. The highest BCUT2D eigenvalue weighted by molar-refractivity contribution is 5.88. The van der Waals surface area contributed by atoms with E-state index in [1.807, 2.05) is 0 Å². The first-order valence-electron chi connectivity index (χ1n) is 7.05. The molecule has 3 heterocycles. The molecule has 0 bridgehead atoms. The summed E-state index contributed by atoms with van der Waals surface area (Å²) in [5, 5.41) is 3.34. The van der Waals surface area contributed by atoms with Crippen molar-refractivity contribution in [2.75, 3.05) is 26.9 Å². The molecule has 3 rings (SSSR count). The van der Waals surface area contributed by atoms with Crippen LogP contribution in [0.15, 0.2) is 17.3 Å². The van der Waals surface area contributed by atoms with E-state index < -0.39 is 0 Å². The van der Waals surface area contributed by atoms with Gasteiger partial charge in [-0.05, 0) is 38.4 Å². The molecule has 0 aliphatic carbocycles. The predicted octanol–water partition coefficient (Wildman–Crippen LogP) is 1.60. The normalized spacial score (nSPS) is 34.9. The van der Waals surface area contributed by atoms with E-state index >= 15 is 0 Å². The van der Waals surface area contributed by atoms with Crippen LogP contribution in [0, 0.1) is 11.8 Å². The van der Waals surface area contributed by atoms with Gasteiger partial charge in [-0.1, -0.05) is 13.0 Å². The summed E-state index contributed by atoms with van der Waals surface area (Å²) in [7, 11) is 2.20. The minimum atomic E-state index is 0.0159. The summed E-state index contributed by atoms with van der Waals surface area (Å²) >= 11 is 0. The van der Waals surface area contributed by atoms with Crippen LogP contribution in [-0.2, 0) is 4.74 Å². The fourth-order valence-electron chi connectivity index (χ4n) is 3.59. The summed E-state index contributed by atoms with van der Waals surface area (Å²) in [6.45, 7) is 5.04. The maximum Gasteiger partial charge on any atom is 0.140 e. The summed E-state index contributed by atoms with van der Waals surface area (Å²) in [5.74, 6) is 2.14. The average molecular weight is 249 g/mol. The lowest BCUT2D eigenvalue weighted by atomic mass is 9.69. The molecule has 2 unspecified atom stereocenters. The van der Waals surface area contributed by atoms with Crippen LogP contribution in [0.2, 0.25) is 0 Å². The van der Waals surface area contributed by atoms with Crippen LogP contribution in [-0.4, -0.2) is 43.2 Å². The number of likely N-dealkylation sites (tertiary alicyclic amines) is 1. The fraction of sp³-hybridized carbons (Fsp3) is 0.786. The summed E-state index contributed by atoms with van der Waals surface area (Å²) in [6.07, 6.45) is 7.75. The summed E-state index contributed by atoms with van der Waals surface area (Å²) in [6, 6.07) is 0. The highest BCUT2D eigenvalue weighted by Crippen LogP contribution is 2.42. The zero-order valence-electron chi connectivity index (χ0n) is 11.4. The smallest absolute Gasteiger partial charge is 0.140 e. The van der Waals surface area contributed by atoms with E-state index in [-0.39, 0.29) is 5.60 Å². The van der Waals surface area contributed by atoms with Gasteiger partial charge in [-0.3, -0.25) is 0 Å². The molecule has 4 heteroatoms. The standard InChI is InChI=1S/C14H23N3O/c1-3-11-4-7-15-13-12(11)14(18-10-16-13)5-8-17(2)9-6-14/h4,7,11-12H,3,5-6,8-10H2,1-2H3,(H,15,16). The van der Waals surface area contributed by atoms with E-state index in [9.17, 15) is 0 Å². The fourth-order valence-corrected chi connectivity index (χ4v) is 3.59. The summed E-state index contributed by atoms with van der Waals surface area (Å²) in [4.78, 5) is 6.93. The zero-order valence-corrected chi connectivity index (χ0v) is 11.4. The molecule has 2 atom stereocenters. The molecule has 18 heavy (non-hydrogen) atoms. The van der Waals surface area contributed by atoms with E-state index in [2.05, 4.69) is 41.5 Å². The third-order valence-electron chi connectivity index (χ3n) is 4.76. The van der Waals surface area contributed by atoms with Gasteiger partial charge in [-0.2, -0.15) is 0 Å². The number of allylic oxidation sites excluding steroid dienone is 1. The first kappa shape index (κ1) is 12.2. The molecule has 100 valence electrons. The molecule has 1 saturated heterocycles. The van der Waals surface area contributed by atoms with Crippen molar-refractivity contribution in [2.24, 2.45) is 16.8 Å². The Balaban J connectivity index is 1.90. The van der Waals surface area contributed by atoms with Crippen molar-refractivity contribution in [3.63, 3.8) is 0 Å². The molecular formula is C14H23N3O.